The number of nitrogens with one attached hydrogen (secondary N) is 1. The van der Waals surface area contributed by atoms with Gasteiger partial charge in [-0.1, -0.05) is 13.8 Å². The van der Waals surface area contributed by atoms with Crippen molar-refractivity contribution in [2.45, 2.75) is 27.2 Å². The lowest BCUT2D eigenvalue weighted by atomic mass is 10.2. The first-order chi connectivity index (χ1) is 7.38. The number of amidine groups is 1. The van der Waals surface area contributed by atoms with Crippen molar-refractivity contribution in [3.8, 4) is 0 Å². The number of nitrogens with two attached hydrogens (primary N) is 1. The molecule has 0 spiro atoms. The molecular formula is C11H24N4O. The number of amides is 2. The van der Waals surface area contributed by atoms with E-state index < -0.39 is 0 Å². The van der Waals surface area contributed by atoms with Crippen molar-refractivity contribution in [1.29, 1.82) is 5.41 Å². The molecule has 0 saturated heterocycles. The Labute approximate surface area is 98.1 Å². The van der Waals surface area contributed by atoms with Gasteiger partial charge < -0.3 is 15.5 Å². The summed E-state index contributed by atoms with van der Waals surface area (Å²) in [6.45, 7) is 8.00. The second-order valence-corrected chi connectivity index (χ2v) is 4.41. The molecule has 0 aromatic rings. The highest BCUT2D eigenvalue weighted by Gasteiger charge is 2.17. The van der Waals surface area contributed by atoms with Gasteiger partial charge in [0.05, 0.1) is 5.84 Å². The summed E-state index contributed by atoms with van der Waals surface area (Å²) in [4.78, 5) is 15.4. The molecule has 0 radical (unpaired) electrons. The summed E-state index contributed by atoms with van der Waals surface area (Å²) in [6.07, 6.45) is 0.440. The van der Waals surface area contributed by atoms with Crippen LogP contribution in [0.2, 0.25) is 0 Å². The molecule has 0 saturated carbocycles. The second-order valence-electron chi connectivity index (χ2n) is 4.41. The highest BCUT2D eigenvalue weighted by Crippen LogP contribution is 2.04. The van der Waals surface area contributed by atoms with Gasteiger partial charge in [-0.15, -0.1) is 0 Å². The van der Waals surface area contributed by atoms with Gasteiger partial charge in [-0.25, -0.2) is 4.79 Å². The van der Waals surface area contributed by atoms with Gasteiger partial charge in [0.2, 0.25) is 0 Å². The molecule has 5 nitrogen and oxygen atoms in total. The van der Waals surface area contributed by atoms with Crippen molar-refractivity contribution < 1.29 is 4.79 Å². The van der Waals surface area contributed by atoms with E-state index in [-0.39, 0.29) is 11.9 Å². The molecule has 16 heavy (non-hydrogen) atoms. The Morgan fingerprint density at radius 3 is 2.38 bits per heavy atom. The first kappa shape index (κ1) is 14.7. The van der Waals surface area contributed by atoms with Crippen LogP contribution in [-0.4, -0.2) is 48.3 Å². The molecule has 0 aliphatic heterocycles. The van der Waals surface area contributed by atoms with Crippen LogP contribution in [0.3, 0.4) is 0 Å². The van der Waals surface area contributed by atoms with Gasteiger partial charge in [-0.3, -0.25) is 5.41 Å². The average Bonchev–Trinajstić information content (AvgIpc) is 2.21. The van der Waals surface area contributed by atoms with Crippen LogP contribution in [0.15, 0.2) is 0 Å². The van der Waals surface area contributed by atoms with E-state index in [2.05, 4.69) is 13.8 Å². The summed E-state index contributed by atoms with van der Waals surface area (Å²) in [5, 5.41) is 7.19. The SMILES string of the molecule is CCN(C)C(=O)N(CCC(=N)N)CC(C)C. The van der Waals surface area contributed by atoms with Crippen LogP contribution in [0.5, 0.6) is 0 Å². The molecule has 0 aromatic heterocycles. The van der Waals surface area contributed by atoms with Crippen LogP contribution in [0.4, 0.5) is 4.79 Å². The van der Waals surface area contributed by atoms with E-state index in [0.717, 1.165) is 0 Å². The summed E-state index contributed by atoms with van der Waals surface area (Å²) in [6, 6.07) is 0.0115. The van der Waals surface area contributed by atoms with Crippen LogP contribution in [0.25, 0.3) is 0 Å². The highest BCUT2D eigenvalue weighted by molar-refractivity contribution is 5.78. The summed E-state index contributed by atoms with van der Waals surface area (Å²) in [5.41, 5.74) is 5.31. The van der Waals surface area contributed by atoms with Crippen LogP contribution < -0.4 is 5.73 Å². The van der Waals surface area contributed by atoms with Gasteiger partial charge in [0, 0.05) is 33.1 Å². The zero-order valence-electron chi connectivity index (χ0n) is 10.8. The van der Waals surface area contributed by atoms with Gasteiger partial charge >= 0.3 is 6.03 Å². The van der Waals surface area contributed by atoms with Crippen LogP contribution in [0.1, 0.15) is 27.2 Å². The largest absolute Gasteiger partial charge is 0.388 e. The molecule has 2 amide bonds. The fourth-order valence-corrected chi connectivity index (χ4v) is 1.34. The van der Waals surface area contributed by atoms with Gasteiger partial charge in [-0.2, -0.15) is 0 Å². The predicted octanol–water partition coefficient (Wildman–Crippen LogP) is 1.34. The van der Waals surface area contributed by atoms with E-state index in [1.165, 1.54) is 0 Å². The number of nitrogens with zero attached hydrogens (tertiary/aromatic N) is 2. The van der Waals surface area contributed by atoms with Gasteiger partial charge in [0.1, 0.15) is 0 Å². The number of hydrogen-bond donors (Lipinski definition) is 2. The van der Waals surface area contributed by atoms with E-state index >= 15 is 0 Å². The Kier molecular flexibility index (Phi) is 6.53. The molecule has 0 fully saturated rings. The topological polar surface area (TPSA) is 73.4 Å². The molecule has 3 N–H and O–H groups in total. The third kappa shape index (κ3) is 5.58. The van der Waals surface area contributed by atoms with E-state index in [4.69, 9.17) is 11.1 Å². The van der Waals surface area contributed by atoms with E-state index in [0.29, 0.717) is 32.0 Å². The molecule has 0 heterocycles. The molecule has 0 aliphatic carbocycles. The Hall–Kier alpha value is -1.26. The number of carbonyl (C=O) groups is 1. The first-order valence-corrected chi connectivity index (χ1v) is 5.71. The van der Waals surface area contributed by atoms with Gasteiger partial charge in [-0.05, 0) is 12.8 Å². The van der Waals surface area contributed by atoms with E-state index in [9.17, 15) is 4.79 Å². The fourth-order valence-electron chi connectivity index (χ4n) is 1.34. The minimum absolute atomic E-state index is 0.0115. The number of urea groups is 1. The summed E-state index contributed by atoms with van der Waals surface area (Å²) >= 11 is 0. The molecule has 5 heteroatoms. The number of rotatable bonds is 6. The average molecular weight is 228 g/mol. The molecule has 0 aromatic carbocycles. The quantitative estimate of drug-likeness (QED) is 0.532. The lowest BCUT2D eigenvalue weighted by molar-refractivity contribution is 0.160. The smallest absolute Gasteiger partial charge is 0.319 e. The standard InChI is InChI=1S/C11H24N4O/c1-5-14(4)11(16)15(8-9(2)3)7-6-10(12)13/h9H,5-8H2,1-4H3,(H3,12,13). The molecule has 0 bridgehead atoms. The second kappa shape index (κ2) is 7.09. The summed E-state index contributed by atoms with van der Waals surface area (Å²) in [5.74, 6) is 0.543. The molecule has 94 valence electrons. The van der Waals surface area contributed by atoms with Crippen molar-refractivity contribution in [3.05, 3.63) is 0 Å². The van der Waals surface area contributed by atoms with Crippen molar-refractivity contribution in [1.82, 2.24) is 9.80 Å². The van der Waals surface area contributed by atoms with Crippen molar-refractivity contribution in [2.75, 3.05) is 26.7 Å². The van der Waals surface area contributed by atoms with Crippen molar-refractivity contribution in [2.24, 2.45) is 11.7 Å². The zero-order valence-corrected chi connectivity index (χ0v) is 10.8. The number of carbonyl (C=O) groups excluding carboxylic acids is 1. The third-order valence-corrected chi connectivity index (χ3v) is 2.31. The van der Waals surface area contributed by atoms with Crippen molar-refractivity contribution in [3.63, 3.8) is 0 Å². The van der Waals surface area contributed by atoms with E-state index in [1.807, 2.05) is 6.92 Å². The minimum atomic E-state index is 0.0115. The highest BCUT2D eigenvalue weighted by atomic mass is 16.2. The normalized spacial score (nSPS) is 10.3. The molecule has 0 atom stereocenters. The molecule has 0 aliphatic rings. The lowest BCUT2D eigenvalue weighted by Gasteiger charge is -2.28. The fraction of sp³-hybridized carbons (Fsp3) is 0.818. The molecular weight excluding hydrogens is 204 g/mol. The van der Waals surface area contributed by atoms with Crippen molar-refractivity contribution >= 4 is 11.9 Å². The number of hydrogen-bond acceptors (Lipinski definition) is 2. The first-order valence-electron chi connectivity index (χ1n) is 5.71. The Balaban J connectivity index is 4.40. The Morgan fingerprint density at radius 1 is 1.44 bits per heavy atom. The Bertz CT molecular complexity index is 240. The Morgan fingerprint density at radius 2 is 2.00 bits per heavy atom. The summed E-state index contributed by atoms with van der Waals surface area (Å²) < 4.78 is 0. The minimum Gasteiger partial charge on any atom is -0.388 e. The molecule has 0 rings (SSSR count). The van der Waals surface area contributed by atoms with Gasteiger partial charge in [0.25, 0.3) is 0 Å². The van der Waals surface area contributed by atoms with Crippen LogP contribution >= 0.6 is 0 Å². The maximum Gasteiger partial charge on any atom is 0.319 e. The van der Waals surface area contributed by atoms with E-state index in [1.54, 1.807) is 16.8 Å². The third-order valence-electron chi connectivity index (χ3n) is 2.31. The van der Waals surface area contributed by atoms with Crippen LogP contribution in [0, 0.1) is 11.3 Å². The van der Waals surface area contributed by atoms with Crippen LogP contribution in [-0.2, 0) is 0 Å². The maximum absolute atomic E-state index is 12.0. The van der Waals surface area contributed by atoms with Gasteiger partial charge in [0.15, 0.2) is 0 Å². The lowest BCUT2D eigenvalue weighted by Crippen LogP contribution is -2.44. The maximum atomic E-state index is 12.0. The zero-order chi connectivity index (χ0) is 12.7. The predicted molar refractivity (Wildman–Crippen MR) is 66.6 cm³/mol. The molecule has 0 unspecified atom stereocenters. The monoisotopic (exact) mass is 228 g/mol. The summed E-state index contributed by atoms with van der Waals surface area (Å²) in [7, 11) is 1.78.